The lowest BCUT2D eigenvalue weighted by Gasteiger charge is -2.08. The molecule has 120 valence electrons. The van der Waals surface area contributed by atoms with Gasteiger partial charge in [0.2, 0.25) is 0 Å². The molecule has 4 aromatic rings. The molecule has 24 heavy (non-hydrogen) atoms. The monoisotopic (exact) mass is 446 g/mol. The van der Waals surface area contributed by atoms with Crippen molar-refractivity contribution < 1.29 is 0 Å². The lowest BCUT2D eigenvalue weighted by atomic mass is 10.0. The Morgan fingerprint density at radius 2 is 1.92 bits per heavy atom. The van der Waals surface area contributed by atoms with Gasteiger partial charge in [0.25, 0.3) is 0 Å². The summed E-state index contributed by atoms with van der Waals surface area (Å²) in [6.07, 6.45) is 3.12. The molecular formula is C20H16ClIN2. The van der Waals surface area contributed by atoms with Crippen LogP contribution >= 0.6 is 34.2 Å². The maximum atomic E-state index is 6.23. The van der Waals surface area contributed by atoms with Gasteiger partial charge in [-0.1, -0.05) is 18.5 Å². The van der Waals surface area contributed by atoms with Crippen LogP contribution in [0.25, 0.3) is 33.1 Å². The quantitative estimate of drug-likeness (QED) is 0.335. The molecule has 0 spiro atoms. The Kier molecular flexibility index (Phi) is 4.01. The van der Waals surface area contributed by atoms with E-state index in [4.69, 9.17) is 16.6 Å². The summed E-state index contributed by atoms with van der Waals surface area (Å²) in [6.45, 7) is 2.19. The highest BCUT2D eigenvalue weighted by Crippen LogP contribution is 2.33. The van der Waals surface area contributed by atoms with Crippen LogP contribution in [-0.4, -0.2) is 9.55 Å². The minimum absolute atomic E-state index is 0.751. The topological polar surface area (TPSA) is 17.8 Å². The highest BCUT2D eigenvalue weighted by Gasteiger charge is 2.13. The van der Waals surface area contributed by atoms with E-state index < -0.39 is 0 Å². The molecule has 2 aromatic carbocycles. The molecule has 0 aliphatic rings. The fourth-order valence-corrected chi connectivity index (χ4v) is 3.93. The average Bonchev–Trinajstić information content (AvgIpc) is 2.90. The average molecular weight is 447 g/mol. The van der Waals surface area contributed by atoms with E-state index in [9.17, 15) is 0 Å². The molecular weight excluding hydrogens is 431 g/mol. The maximum Gasteiger partial charge on any atom is 0.0734 e. The largest absolute Gasteiger partial charge is 0.350 e. The van der Waals surface area contributed by atoms with Crippen molar-refractivity contribution in [1.82, 2.24) is 9.55 Å². The number of hydrogen-bond acceptors (Lipinski definition) is 1. The minimum atomic E-state index is 0.751. The third-order valence-electron chi connectivity index (χ3n) is 4.46. The Labute approximate surface area is 159 Å². The molecule has 0 saturated carbocycles. The normalized spacial score (nSPS) is 11.5. The molecule has 2 heterocycles. The third kappa shape index (κ3) is 2.60. The molecule has 0 unspecified atom stereocenters. The van der Waals surface area contributed by atoms with Crippen molar-refractivity contribution in [3.05, 3.63) is 62.8 Å². The zero-order valence-corrected chi connectivity index (χ0v) is 16.4. The summed E-state index contributed by atoms with van der Waals surface area (Å²) < 4.78 is 3.37. The molecule has 2 aromatic heterocycles. The summed E-state index contributed by atoms with van der Waals surface area (Å²) in [5.41, 5.74) is 5.67. The predicted molar refractivity (Wildman–Crippen MR) is 111 cm³/mol. The highest BCUT2D eigenvalue weighted by molar-refractivity contribution is 14.1. The number of nitrogens with zero attached hydrogens (tertiary/aromatic N) is 2. The lowest BCUT2D eigenvalue weighted by Crippen LogP contribution is -1.92. The van der Waals surface area contributed by atoms with Gasteiger partial charge in [-0.3, -0.25) is 0 Å². The van der Waals surface area contributed by atoms with Crippen LogP contribution in [0.15, 0.2) is 48.7 Å². The zero-order valence-electron chi connectivity index (χ0n) is 13.5. The summed E-state index contributed by atoms with van der Waals surface area (Å²) in [6, 6.07) is 14.7. The minimum Gasteiger partial charge on any atom is -0.350 e. The molecule has 0 atom stereocenters. The number of fused-ring (bicyclic) bond motifs is 2. The Morgan fingerprint density at radius 3 is 2.71 bits per heavy atom. The summed E-state index contributed by atoms with van der Waals surface area (Å²) >= 11 is 8.58. The van der Waals surface area contributed by atoms with E-state index in [1.54, 1.807) is 0 Å². The van der Waals surface area contributed by atoms with Crippen LogP contribution in [0.2, 0.25) is 5.02 Å². The number of aromatic nitrogens is 2. The van der Waals surface area contributed by atoms with Crippen molar-refractivity contribution in [2.75, 3.05) is 0 Å². The second-order valence-corrected chi connectivity index (χ2v) is 7.68. The van der Waals surface area contributed by atoms with Gasteiger partial charge in [-0.2, -0.15) is 0 Å². The molecule has 2 nitrogen and oxygen atoms in total. The first-order valence-corrected chi connectivity index (χ1v) is 9.36. The van der Waals surface area contributed by atoms with Crippen molar-refractivity contribution in [2.24, 2.45) is 7.05 Å². The van der Waals surface area contributed by atoms with Gasteiger partial charge in [-0.15, -0.1) is 0 Å². The summed E-state index contributed by atoms with van der Waals surface area (Å²) in [7, 11) is 2.06. The van der Waals surface area contributed by atoms with Crippen LogP contribution in [0, 0.1) is 3.57 Å². The molecule has 0 fully saturated rings. The van der Waals surface area contributed by atoms with E-state index >= 15 is 0 Å². The van der Waals surface area contributed by atoms with Gasteiger partial charge >= 0.3 is 0 Å². The summed E-state index contributed by atoms with van der Waals surface area (Å²) in [5.74, 6) is 0. The van der Waals surface area contributed by atoms with E-state index in [-0.39, 0.29) is 0 Å². The van der Waals surface area contributed by atoms with Gasteiger partial charge in [0, 0.05) is 43.7 Å². The van der Waals surface area contributed by atoms with Crippen LogP contribution in [0.4, 0.5) is 0 Å². The third-order valence-corrected chi connectivity index (χ3v) is 5.37. The van der Waals surface area contributed by atoms with Crippen molar-refractivity contribution in [1.29, 1.82) is 0 Å². The van der Waals surface area contributed by atoms with Crippen LogP contribution in [0.1, 0.15) is 12.5 Å². The molecule has 0 bridgehead atoms. The Morgan fingerprint density at radius 1 is 1.08 bits per heavy atom. The first-order valence-electron chi connectivity index (χ1n) is 7.91. The van der Waals surface area contributed by atoms with Crippen molar-refractivity contribution >= 4 is 56.0 Å². The van der Waals surface area contributed by atoms with Crippen LogP contribution in [0.5, 0.6) is 0 Å². The van der Waals surface area contributed by atoms with Crippen LogP contribution in [-0.2, 0) is 13.5 Å². The second kappa shape index (κ2) is 6.05. The van der Waals surface area contributed by atoms with E-state index in [0.29, 0.717) is 0 Å². The smallest absolute Gasteiger partial charge is 0.0734 e. The fourth-order valence-electron chi connectivity index (χ4n) is 3.27. The van der Waals surface area contributed by atoms with E-state index in [0.717, 1.165) is 39.1 Å². The number of rotatable bonds is 2. The van der Waals surface area contributed by atoms with Crippen LogP contribution < -0.4 is 0 Å². The molecule has 0 saturated heterocycles. The van der Waals surface area contributed by atoms with Gasteiger partial charge in [-0.25, -0.2) is 4.98 Å². The molecule has 0 N–H and O–H groups in total. The zero-order chi connectivity index (χ0) is 16.8. The predicted octanol–water partition coefficient (Wildman–Crippen LogP) is 6.21. The van der Waals surface area contributed by atoms with Gasteiger partial charge < -0.3 is 4.57 Å². The Balaban J connectivity index is 2.03. The van der Waals surface area contributed by atoms with Gasteiger partial charge in [0.1, 0.15) is 0 Å². The van der Waals surface area contributed by atoms with Gasteiger partial charge in [0.15, 0.2) is 0 Å². The SMILES string of the molecule is CCc1cc(-c2cn(C)c3ccc(Cl)cc23)nc2ccc(I)cc12. The number of benzene rings is 2. The van der Waals surface area contributed by atoms with Gasteiger partial charge in [-0.05, 0) is 77.0 Å². The molecule has 4 rings (SSSR count). The second-order valence-electron chi connectivity index (χ2n) is 6.00. The summed E-state index contributed by atoms with van der Waals surface area (Å²) in [4.78, 5) is 4.93. The van der Waals surface area contributed by atoms with Crippen molar-refractivity contribution in [3.63, 3.8) is 0 Å². The van der Waals surface area contributed by atoms with Crippen LogP contribution in [0.3, 0.4) is 0 Å². The molecule has 0 amide bonds. The Bertz CT molecular complexity index is 1080. The van der Waals surface area contributed by atoms with Crippen molar-refractivity contribution in [3.8, 4) is 11.3 Å². The van der Waals surface area contributed by atoms with E-state index in [1.807, 2.05) is 12.1 Å². The molecule has 4 heteroatoms. The molecule has 0 aliphatic carbocycles. The molecule has 0 radical (unpaired) electrons. The first kappa shape index (κ1) is 15.9. The summed E-state index contributed by atoms with van der Waals surface area (Å²) in [5, 5.41) is 3.14. The first-order chi connectivity index (χ1) is 11.6. The number of aryl methyl sites for hydroxylation is 2. The van der Waals surface area contributed by atoms with E-state index in [2.05, 4.69) is 77.7 Å². The molecule has 0 aliphatic heterocycles. The number of halogens is 2. The standard InChI is InChI=1S/C20H16ClIN2/c1-3-12-8-19(23-18-6-5-14(22)10-15(12)18)17-11-24(2)20-7-4-13(21)9-16(17)20/h4-11H,3H2,1-2H3. The van der Waals surface area contributed by atoms with Gasteiger partial charge in [0.05, 0.1) is 11.2 Å². The lowest BCUT2D eigenvalue weighted by molar-refractivity contribution is 0.969. The van der Waals surface area contributed by atoms with E-state index in [1.165, 1.54) is 14.5 Å². The fraction of sp³-hybridized carbons (Fsp3) is 0.150. The highest BCUT2D eigenvalue weighted by atomic mass is 127. The number of pyridine rings is 1. The maximum absolute atomic E-state index is 6.23. The number of hydrogen-bond donors (Lipinski definition) is 0. The van der Waals surface area contributed by atoms with Crippen molar-refractivity contribution in [2.45, 2.75) is 13.3 Å². The Hall–Kier alpha value is -1.59.